The third kappa shape index (κ3) is 3.34. The number of hydrogen-bond donors (Lipinski definition) is 0. The Balaban J connectivity index is 1.13. The van der Waals surface area contributed by atoms with Crippen LogP contribution in [0.4, 0.5) is 0 Å². The Labute approximate surface area is 255 Å². The van der Waals surface area contributed by atoms with Gasteiger partial charge in [-0.15, -0.1) is 0 Å². The molecule has 0 saturated heterocycles. The van der Waals surface area contributed by atoms with Crippen LogP contribution in [-0.4, -0.2) is 0 Å². The Morgan fingerprint density at radius 2 is 0.545 bits per heavy atom. The fourth-order valence-corrected chi connectivity index (χ4v) is 7.71. The van der Waals surface area contributed by atoms with Gasteiger partial charge in [-0.25, -0.2) is 0 Å². The molecule has 0 saturated carbocycles. The lowest BCUT2D eigenvalue weighted by molar-refractivity contribution is 1.60. The van der Waals surface area contributed by atoms with Crippen LogP contribution in [0.2, 0.25) is 0 Å². The van der Waals surface area contributed by atoms with Gasteiger partial charge in [0.15, 0.2) is 0 Å². The molecule has 44 heavy (non-hydrogen) atoms. The van der Waals surface area contributed by atoms with Crippen molar-refractivity contribution in [2.24, 2.45) is 0 Å². The van der Waals surface area contributed by atoms with Crippen molar-refractivity contribution in [1.29, 1.82) is 0 Å². The molecule has 202 valence electrons. The van der Waals surface area contributed by atoms with Gasteiger partial charge in [-0.1, -0.05) is 146 Å². The molecule has 0 N–H and O–H groups in total. The molecule has 0 aliphatic heterocycles. The number of hydrogen-bond acceptors (Lipinski definition) is 0. The molecule has 0 amide bonds. The average Bonchev–Trinajstić information content (AvgIpc) is 3.09. The van der Waals surface area contributed by atoms with Gasteiger partial charge in [0.05, 0.1) is 0 Å². The lowest BCUT2D eigenvalue weighted by atomic mass is 9.88. The average molecular weight is 555 g/mol. The summed E-state index contributed by atoms with van der Waals surface area (Å²) in [6, 6.07) is 58.6. The Bertz CT molecular complexity index is 2490. The van der Waals surface area contributed by atoms with Gasteiger partial charge in [-0.05, 0) is 110 Å². The molecule has 0 spiro atoms. The fourth-order valence-electron chi connectivity index (χ4n) is 7.71. The summed E-state index contributed by atoms with van der Waals surface area (Å²) in [4.78, 5) is 0. The van der Waals surface area contributed by atoms with Gasteiger partial charge >= 0.3 is 0 Å². The highest BCUT2D eigenvalue weighted by atomic mass is 14.2. The maximum Gasteiger partial charge on any atom is -0.00206 e. The van der Waals surface area contributed by atoms with Gasteiger partial charge in [-0.2, -0.15) is 0 Å². The highest BCUT2D eigenvalue weighted by molar-refractivity contribution is 6.26. The van der Waals surface area contributed by atoms with Crippen LogP contribution in [0.5, 0.6) is 0 Å². The molecule has 0 aromatic heterocycles. The molecule has 10 aromatic carbocycles. The van der Waals surface area contributed by atoms with Gasteiger partial charge < -0.3 is 0 Å². The summed E-state index contributed by atoms with van der Waals surface area (Å²) in [6.07, 6.45) is 0. The zero-order valence-electron chi connectivity index (χ0n) is 24.0. The first-order valence-corrected chi connectivity index (χ1v) is 15.3. The van der Waals surface area contributed by atoms with Crippen molar-refractivity contribution >= 4 is 64.6 Å². The largest absolute Gasteiger partial charge is 0.0610 e. The van der Waals surface area contributed by atoms with Crippen LogP contribution in [-0.2, 0) is 0 Å². The minimum absolute atomic E-state index is 1.23. The van der Waals surface area contributed by atoms with E-state index in [1.165, 1.54) is 98.0 Å². The molecule has 0 atom stereocenters. The van der Waals surface area contributed by atoms with Crippen LogP contribution in [0.1, 0.15) is 0 Å². The van der Waals surface area contributed by atoms with E-state index < -0.39 is 0 Å². The van der Waals surface area contributed by atoms with Crippen molar-refractivity contribution in [1.82, 2.24) is 0 Å². The standard InChI is InChI=1S/C44H26/c1-5-27-13-15-31-17-21-37(39-23-19-29(7-1)41(27)43(31)39)35-11-3-9-33(25-35)34-10-4-12-36(26-34)38-22-18-32-16-14-28-6-2-8-30-20-24-40(38)44(32)42(28)30/h1-26H. The minimum atomic E-state index is 1.23. The lowest BCUT2D eigenvalue weighted by Gasteiger charge is -2.15. The second kappa shape index (κ2) is 8.89. The van der Waals surface area contributed by atoms with E-state index >= 15 is 0 Å². The predicted octanol–water partition coefficient (Wildman–Crippen LogP) is 12.5. The van der Waals surface area contributed by atoms with Crippen molar-refractivity contribution in [3.8, 4) is 33.4 Å². The molecule has 0 radical (unpaired) electrons. The SMILES string of the molecule is c1cc(-c2cccc(-c3ccc4ccc5cccc6ccc3c4c56)c2)cc(-c2ccc3ccc4cccc5ccc2c3c45)c1. The zero-order chi connectivity index (χ0) is 28.8. The van der Waals surface area contributed by atoms with E-state index in [-0.39, 0.29) is 0 Å². The molecule has 0 heteroatoms. The molecule has 10 rings (SSSR count). The van der Waals surface area contributed by atoms with Gasteiger partial charge in [0, 0.05) is 0 Å². The molecule has 0 fully saturated rings. The van der Waals surface area contributed by atoms with E-state index in [0.717, 1.165) is 0 Å². The fraction of sp³-hybridized carbons (Fsp3) is 0. The number of benzene rings is 10. The summed E-state index contributed by atoms with van der Waals surface area (Å²) < 4.78 is 0. The first-order valence-electron chi connectivity index (χ1n) is 15.3. The molecule has 0 unspecified atom stereocenters. The third-order valence-electron chi connectivity index (χ3n) is 9.74. The molecular formula is C44H26. The monoisotopic (exact) mass is 554 g/mol. The van der Waals surface area contributed by atoms with Crippen molar-refractivity contribution in [2.45, 2.75) is 0 Å². The summed E-state index contributed by atoms with van der Waals surface area (Å²) in [5, 5.41) is 15.9. The first-order chi connectivity index (χ1) is 21.8. The topological polar surface area (TPSA) is 0 Å². The van der Waals surface area contributed by atoms with Gasteiger partial charge in [0.1, 0.15) is 0 Å². The summed E-state index contributed by atoms with van der Waals surface area (Å²) in [5.74, 6) is 0. The van der Waals surface area contributed by atoms with Crippen molar-refractivity contribution in [3.63, 3.8) is 0 Å². The van der Waals surface area contributed by atoms with E-state index in [0.29, 0.717) is 0 Å². The van der Waals surface area contributed by atoms with Gasteiger partial charge in [0.2, 0.25) is 0 Å². The smallest absolute Gasteiger partial charge is 0.00206 e. The van der Waals surface area contributed by atoms with E-state index in [9.17, 15) is 0 Å². The maximum atomic E-state index is 2.36. The second-order valence-corrected chi connectivity index (χ2v) is 12.1. The second-order valence-electron chi connectivity index (χ2n) is 12.1. The van der Waals surface area contributed by atoms with Crippen LogP contribution < -0.4 is 0 Å². The minimum Gasteiger partial charge on any atom is -0.0610 e. The van der Waals surface area contributed by atoms with E-state index in [1.807, 2.05) is 0 Å². The van der Waals surface area contributed by atoms with Crippen molar-refractivity contribution in [2.75, 3.05) is 0 Å². The highest BCUT2D eigenvalue weighted by Gasteiger charge is 2.14. The van der Waals surface area contributed by atoms with Gasteiger partial charge in [-0.3, -0.25) is 0 Å². The molecular weight excluding hydrogens is 528 g/mol. The summed E-state index contributed by atoms with van der Waals surface area (Å²) in [6.45, 7) is 0. The maximum absolute atomic E-state index is 2.36. The van der Waals surface area contributed by atoms with E-state index in [4.69, 9.17) is 0 Å². The highest BCUT2D eigenvalue weighted by Crippen LogP contribution is 2.42. The van der Waals surface area contributed by atoms with Crippen LogP contribution >= 0.6 is 0 Å². The Kier molecular flexibility index (Phi) is 4.81. The third-order valence-corrected chi connectivity index (χ3v) is 9.74. The van der Waals surface area contributed by atoms with E-state index in [1.54, 1.807) is 0 Å². The molecule has 0 nitrogen and oxygen atoms in total. The predicted molar refractivity (Wildman–Crippen MR) is 190 cm³/mol. The Hall–Kier alpha value is -5.72. The first kappa shape index (κ1) is 23.8. The molecule has 0 bridgehead atoms. The quantitative estimate of drug-likeness (QED) is 0.191. The van der Waals surface area contributed by atoms with Crippen LogP contribution in [0, 0.1) is 0 Å². The van der Waals surface area contributed by atoms with Crippen molar-refractivity contribution < 1.29 is 0 Å². The van der Waals surface area contributed by atoms with Gasteiger partial charge in [0.25, 0.3) is 0 Å². The zero-order valence-corrected chi connectivity index (χ0v) is 24.0. The summed E-state index contributed by atoms with van der Waals surface area (Å²) >= 11 is 0. The molecule has 0 heterocycles. The lowest BCUT2D eigenvalue weighted by Crippen LogP contribution is -1.89. The normalized spacial score (nSPS) is 12.1. The number of rotatable bonds is 3. The molecule has 0 aliphatic rings. The van der Waals surface area contributed by atoms with Crippen molar-refractivity contribution in [3.05, 3.63) is 158 Å². The Morgan fingerprint density at radius 3 is 0.977 bits per heavy atom. The molecule has 0 aliphatic carbocycles. The molecule has 10 aromatic rings. The van der Waals surface area contributed by atoms with Crippen LogP contribution in [0.15, 0.2) is 158 Å². The Morgan fingerprint density at radius 1 is 0.227 bits per heavy atom. The summed E-state index contributed by atoms with van der Waals surface area (Å²) in [7, 11) is 0. The van der Waals surface area contributed by atoms with Crippen LogP contribution in [0.25, 0.3) is 98.0 Å². The van der Waals surface area contributed by atoms with E-state index in [2.05, 4.69) is 158 Å². The van der Waals surface area contributed by atoms with Crippen LogP contribution in [0.3, 0.4) is 0 Å². The summed E-state index contributed by atoms with van der Waals surface area (Å²) in [5.41, 5.74) is 7.50.